The Morgan fingerprint density at radius 2 is 0.702 bits per heavy atom. The van der Waals surface area contributed by atoms with E-state index in [-0.39, 0.29) is 25.7 Å². The van der Waals surface area contributed by atoms with Crippen LogP contribution >= 0.6 is 15.6 Å². The van der Waals surface area contributed by atoms with Crippen LogP contribution in [0, 0.1) is 0 Å². The van der Waals surface area contributed by atoms with E-state index < -0.39 is 97.5 Å². The molecule has 0 amide bonds. The number of unbranched alkanes of at least 4 members (excludes halogenated alkanes) is 13. The van der Waals surface area contributed by atoms with E-state index in [1.54, 1.807) is 0 Å². The molecular weight excluding hydrogens is 790 g/mol. The van der Waals surface area contributed by atoms with Gasteiger partial charge in [0.25, 0.3) is 0 Å². The molecule has 0 aromatic rings. The maximum absolute atomic E-state index is 12.6. The summed E-state index contributed by atoms with van der Waals surface area (Å²) in [7, 11) is -9.79. The summed E-state index contributed by atoms with van der Waals surface area (Å²) in [4.78, 5) is 69.6. The monoisotopic (exact) mass is 862 g/mol. The maximum atomic E-state index is 12.6. The molecule has 0 spiro atoms. The second-order valence-corrected chi connectivity index (χ2v) is 16.9. The van der Waals surface area contributed by atoms with Crippen LogP contribution in [0.15, 0.2) is 0 Å². The number of aliphatic hydroxyl groups is 1. The molecule has 0 radical (unpaired) electrons. The van der Waals surface area contributed by atoms with Gasteiger partial charge in [-0.2, -0.15) is 0 Å². The quantitative estimate of drug-likeness (QED) is 0.0231. The van der Waals surface area contributed by atoms with Crippen LogP contribution in [0.25, 0.3) is 0 Å². The molecule has 3 N–H and O–H groups in total. The Hall–Kier alpha value is -1.94. The largest absolute Gasteiger partial charge is 0.472 e. The number of hydrogen-bond donors (Lipinski definition) is 3. The van der Waals surface area contributed by atoms with E-state index in [1.165, 1.54) is 0 Å². The lowest BCUT2D eigenvalue weighted by atomic mass is 10.1. The third kappa shape index (κ3) is 34.6. The second kappa shape index (κ2) is 34.9. The Balaban J connectivity index is 5.07. The summed E-state index contributed by atoms with van der Waals surface area (Å²) >= 11 is 0. The molecule has 0 saturated carbocycles. The zero-order valence-corrected chi connectivity index (χ0v) is 36.6. The van der Waals surface area contributed by atoms with Gasteiger partial charge < -0.3 is 33.8 Å². The highest BCUT2D eigenvalue weighted by Gasteiger charge is 2.30. The maximum Gasteiger partial charge on any atom is 0.472 e. The van der Waals surface area contributed by atoms with Gasteiger partial charge in [-0.25, -0.2) is 9.13 Å². The van der Waals surface area contributed by atoms with Gasteiger partial charge in [-0.3, -0.25) is 37.3 Å². The van der Waals surface area contributed by atoms with E-state index in [2.05, 4.69) is 6.92 Å². The van der Waals surface area contributed by atoms with Gasteiger partial charge >= 0.3 is 39.5 Å². The first-order chi connectivity index (χ1) is 27.2. The highest BCUT2D eigenvalue weighted by Crippen LogP contribution is 2.45. The van der Waals surface area contributed by atoms with Gasteiger partial charge in [-0.05, 0) is 25.7 Å². The third-order valence-electron chi connectivity index (χ3n) is 8.35. The minimum atomic E-state index is -4.89. The standard InChI is InChI=1S/C38H72O17P2/c1-5-9-13-17-21-25-38(43)55-34(29-49-36(41)23-19-15-11-7-3)31-53-57(46,47)51-27-32(39)26-50-56(44,45)52-30-33(54-37(42)24-20-16-12-8-4)28-48-35(40)22-18-14-10-6-2/h32-34,39H,5-31H2,1-4H3,(H,44,45)(H,46,47)/t32-,33+,34+/m0/s1. The van der Waals surface area contributed by atoms with Crippen LogP contribution in [0.2, 0.25) is 0 Å². The number of phosphoric ester groups is 2. The molecule has 19 heteroatoms. The summed E-state index contributed by atoms with van der Waals surface area (Å²) < 4.78 is 65.8. The van der Waals surface area contributed by atoms with Crippen LogP contribution in [0.3, 0.4) is 0 Å². The smallest absolute Gasteiger partial charge is 0.462 e. The predicted octanol–water partition coefficient (Wildman–Crippen LogP) is 7.80. The molecule has 0 aliphatic carbocycles. The van der Waals surface area contributed by atoms with Crippen molar-refractivity contribution < 1.29 is 80.2 Å². The summed E-state index contributed by atoms with van der Waals surface area (Å²) in [6.45, 7) is 4.19. The Kier molecular flexibility index (Phi) is 33.7. The van der Waals surface area contributed by atoms with Gasteiger partial charge in [0, 0.05) is 25.7 Å². The average molecular weight is 863 g/mol. The Morgan fingerprint density at radius 1 is 0.421 bits per heavy atom. The minimum absolute atomic E-state index is 0.0943. The van der Waals surface area contributed by atoms with Crippen LogP contribution in [0.4, 0.5) is 0 Å². The number of hydrogen-bond acceptors (Lipinski definition) is 15. The number of rotatable bonds is 39. The van der Waals surface area contributed by atoms with Gasteiger partial charge in [-0.1, -0.05) is 111 Å². The van der Waals surface area contributed by atoms with Crippen molar-refractivity contribution >= 4 is 39.5 Å². The Labute approximate surface area is 339 Å². The van der Waals surface area contributed by atoms with Gasteiger partial charge in [0.05, 0.1) is 26.4 Å². The molecule has 0 aliphatic rings. The van der Waals surface area contributed by atoms with Crippen LogP contribution < -0.4 is 0 Å². The van der Waals surface area contributed by atoms with E-state index >= 15 is 0 Å². The van der Waals surface area contributed by atoms with Crippen LogP contribution in [0.5, 0.6) is 0 Å². The highest BCUT2D eigenvalue weighted by atomic mass is 31.2. The summed E-state index contributed by atoms with van der Waals surface area (Å²) in [6, 6.07) is 0. The molecule has 17 nitrogen and oxygen atoms in total. The first-order valence-corrected chi connectivity index (χ1v) is 23.8. The molecule has 0 aromatic heterocycles. The Bertz CT molecular complexity index is 1170. The molecule has 0 saturated heterocycles. The van der Waals surface area contributed by atoms with Gasteiger partial charge in [0.1, 0.15) is 19.3 Å². The summed E-state index contributed by atoms with van der Waals surface area (Å²) in [5, 5.41) is 10.2. The van der Waals surface area contributed by atoms with Crippen LogP contribution in [-0.2, 0) is 65.4 Å². The number of aliphatic hydroxyl groups excluding tert-OH is 1. The van der Waals surface area contributed by atoms with Crippen molar-refractivity contribution in [3.05, 3.63) is 0 Å². The number of carbonyl (C=O) groups excluding carboxylic acids is 4. The van der Waals surface area contributed by atoms with Gasteiger partial charge in [0.2, 0.25) is 0 Å². The molecular formula is C38H72O17P2. The van der Waals surface area contributed by atoms with Crippen molar-refractivity contribution in [2.24, 2.45) is 0 Å². The molecule has 0 fully saturated rings. The topological polar surface area (TPSA) is 237 Å². The highest BCUT2D eigenvalue weighted by molar-refractivity contribution is 7.47. The molecule has 5 atom stereocenters. The number of carbonyl (C=O) groups is 4. The first-order valence-electron chi connectivity index (χ1n) is 20.8. The SMILES string of the molecule is CCCCCCCC(=O)O[C@H](COC(=O)CCCCCC)COP(=O)(O)OC[C@@H](O)COP(=O)(O)OC[C@@H](COC(=O)CCCCCC)OC(=O)CCCCCC. The van der Waals surface area contributed by atoms with E-state index in [9.17, 15) is 43.2 Å². The van der Waals surface area contributed by atoms with Crippen molar-refractivity contribution in [3.8, 4) is 0 Å². The van der Waals surface area contributed by atoms with Crippen molar-refractivity contribution in [2.45, 2.75) is 181 Å². The lowest BCUT2D eigenvalue weighted by Gasteiger charge is -2.21. The minimum Gasteiger partial charge on any atom is -0.462 e. The molecule has 2 unspecified atom stereocenters. The normalized spacial score (nSPS) is 15.1. The van der Waals surface area contributed by atoms with E-state index in [4.69, 9.17) is 37.0 Å². The predicted molar refractivity (Wildman–Crippen MR) is 211 cm³/mol. The second-order valence-electron chi connectivity index (χ2n) is 14.0. The molecule has 0 aliphatic heterocycles. The van der Waals surface area contributed by atoms with E-state index in [0.29, 0.717) is 25.7 Å². The third-order valence-corrected chi connectivity index (χ3v) is 10.3. The van der Waals surface area contributed by atoms with Crippen LogP contribution in [-0.4, -0.2) is 96.7 Å². The Morgan fingerprint density at radius 3 is 1.04 bits per heavy atom. The lowest BCUT2D eigenvalue weighted by Crippen LogP contribution is -2.30. The summed E-state index contributed by atoms with van der Waals surface area (Å²) in [5.41, 5.74) is 0. The molecule has 0 aromatic carbocycles. The van der Waals surface area contributed by atoms with Crippen molar-refractivity contribution in [3.63, 3.8) is 0 Å². The number of esters is 4. The van der Waals surface area contributed by atoms with E-state index in [1.807, 2.05) is 20.8 Å². The molecule has 0 rings (SSSR count). The van der Waals surface area contributed by atoms with Crippen molar-refractivity contribution in [2.75, 3.05) is 39.6 Å². The van der Waals surface area contributed by atoms with E-state index in [0.717, 1.165) is 83.5 Å². The van der Waals surface area contributed by atoms with Crippen LogP contribution in [0.1, 0.15) is 163 Å². The first kappa shape index (κ1) is 55.1. The summed E-state index contributed by atoms with van der Waals surface area (Å²) in [5.74, 6) is -2.24. The zero-order chi connectivity index (χ0) is 42.8. The molecule has 0 heterocycles. The molecule has 57 heavy (non-hydrogen) atoms. The average Bonchev–Trinajstić information content (AvgIpc) is 3.17. The lowest BCUT2D eigenvalue weighted by molar-refractivity contribution is -0.161. The van der Waals surface area contributed by atoms with Crippen molar-refractivity contribution in [1.82, 2.24) is 0 Å². The van der Waals surface area contributed by atoms with Crippen molar-refractivity contribution in [1.29, 1.82) is 0 Å². The number of phosphoric acid groups is 2. The fourth-order valence-electron chi connectivity index (χ4n) is 5.04. The fourth-order valence-corrected chi connectivity index (χ4v) is 6.62. The molecule has 336 valence electrons. The fraction of sp³-hybridized carbons (Fsp3) is 0.895. The van der Waals surface area contributed by atoms with Gasteiger partial charge in [-0.15, -0.1) is 0 Å². The molecule has 0 bridgehead atoms. The zero-order valence-electron chi connectivity index (χ0n) is 34.8. The number of ether oxygens (including phenoxy) is 4. The summed E-state index contributed by atoms with van der Waals surface area (Å²) in [6.07, 6.45) is 11.0. The van der Waals surface area contributed by atoms with Gasteiger partial charge in [0.15, 0.2) is 12.2 Å².